The van der Waals surface area contributed by atoms with Crippen LogP contribution in [0, 0.1) is 10.9 Å². The van der Waals surface area contributed by atoms with Crippen LogP contribution in [0.25, 0.3) is 0 Å². The highest BCUT2D eigenvalue weighted by Gasteiger charge is 2.10. The molecular formula is C13H13BrN2O2S2. The zero-order valence-electron chi connectivity index (χ0n) is 11.0. The minimum Gasteiger partial charge on any atom is -0.497 e. The van der Waals surface area contributed by atoms with Crippen molar-refractivity contribution in [3.8, 4) is 5.75 Å². The molecule has 1 amide bonds. The van der Waals surface area contributed by atoms with Crippen molar-refractivity contribution in [3.05, 3.63) is 37.2 Å². The number of halogens is 1. The Morgan fingerprint density at radius 1 is 1.50 bits per heavy atom. The zero-order chi connectivity index (χ0) is 14.7. The van der Waals surface area contributed by atoms with Gasteiger partial charge < -0.3 is 15.0 Å². The molecule has 0 fully saturated rings. The van der Waals surface area contributed by atoms with Crippen LogP contribution in [-0.2, 0) is 11.2 Å². The van der Waals surface area contributed by atoms with Crippen molar-refractivity contribution in [2.45, 2.75) is 13.3 Å². The van der Waals surface area contributed by atoms with E-state index >= 15 is 0 Å². The summed E-state index contributed by atoms with van der Waals surface area (Å²) in [6.45, 7) is 1.91. The molecule has 1 heterocycles. The maximum absolute atomic E-state index is 12.0. The van der Waals surface area contributed by atoms with Crippen molar-refractivity contribution < 1.29 is 9.53 Å². The van der Waals surface area contributed by atoms with Gasteiger partial charge in [-0.15, -0.1) is 11.3 Å². The second-order valence-electron chi connectivity index (χ2n) is 4.17. The summed E-state index contributed by atoms with van der Waals surface area (Å²) in [6.07, 6.45) is 0.304. The van der Waals surface area contributed by atoms with Crippen molar-refractivity contribution in [2.24, 2.45) is 0 Å². The van der Waals surface area contributed by atoms with Crippen LogP contribution in [0.2, 0.25) is 0 Å². The first-order chi connectivity index (χ1) is 9.47. The Bertz CT molecular complexity index is 694. The van der Waals surface area contributed by atoms with E-state index in [1.165, 1.54) is 11.3 Å². The van der Waals surface area contributed by atoms with E-state index in [0.717, 1.165) is 15.0 Å². The number of rotatable bonds is 4. The average molecular weight is 373 g/mol. The number of amides is 1. The van der Waals surface area contributed by atoms with Crippen LogP contribution in [0.3, 0.4) is 0 Å². The second kappa shape index (κ2) is 6.51. The van der Waals surface area contributed by atoms with Gasteiger partial charge in [0.2, 0.25) is 5.91 Å². The van der Waals surface area contributed by atoms with E-state index in [2.05, 4.69) is 26.2 Å². The number of nitrogens with one attached hydrogen (secondary N) is 2. The minimum atomic E-state index is -0.0847. The van der Waals surface area contributed by atoms with E-state index in [9.17, 15) is 4.79 Å². The molecule has 0 spiro atoms. The molecule has 0 saturated heterocycles. The molecule has 2 aromatic rings. The van der Waals surface area contributed by atoms with Gasteiger partial charge in [0.1, 0.15) is 5.75 Å². The highest BCUT2D eigenvalue weighted by Crippen LogP contribution is 2.25. The van der Waals surface area contributed by atoms with Gasteiger partial charge in [0.05, 0.1) is 13.5 Å². The first-order valence-electron chi connectivity index (χ1n) is 5.81. The molecule has 0 aliphatic rings. The molecule has 0 atom stereocenters. The van der Waals surface area contributed by atoms with Crippen molar-refractivity contribution in [1.29, 1.82) is 0 Å². The van der Waals surface area contributed by atoms with Crippen molar-refractivity contribution in [1.82, 2.24) is 4.98 Å². The lowest BCUT2D eigenvalue weighted by Gasteiger charge is -2.08. The van der Waals surface area contributed by atoms with Gasteiger partial charge in [-0.2, -0.15) is 0 Å². The first-order valence-corrected chi connectivity index (χ1v) is 7.82. The normalized spacial score (nSPS) is 10.3. The molecule has 1 aromatic carbocycles. The summed E-state index contributed by atoms with van der Waals surface area (Å²) in [5.41, 5.74) is 1.64. The Labute approximate surface area is 134 Å². The van der Waals surface area contributed by atoms with E-state index in [-0.39, 0.29) is 5.91 Å². The fourth-order valence-corrected chi connectivity index (χ4v) is 3.47. The third kappa shape index (κ3) is 3.91. The van der Waals surface area contributed by atoms with Gasteiger partial charge >= 0.3 is 0 Å². The smallest absolute Gasteiger partial charge is 0.229 e. The SMILES string of the molecule is COc1cc(Br)cc(NC(=O)Cc2sc(=S)[nH]c2C)c1. The summed E-state index contributed by atoms with van der Waals surface area (Å²) in [5, 5.41) is 2.85. The number of hydrogen-bond acceptors (Lipinski definition) is 4. The number of thiazole rings is 1. The number of carbonyl (C=O) groups is 1. The predicted octanol–water partition coefficient (Wildman–Crippen LogP) is 4.07. The topological polar surface area (TPSA) is 54.1 Å². The van der Waals surface area contributed by atoms with E-state index in [1.54, 1.807) is 13.2 Å². The molecule has 0 bridgehead atoms. The van der Waals surface area contributed by atoms with Crippen molar-refractivity contribution in [3.63, 3.8) is 0 Å². The standard InChI is InChI=1S/C13H13BrN2O2S2/c1-7-11(20-13(19)15-7)6-12(17)16-9-3-8(14)4-10(5-9)18-2/h3-5H,6H2,1-2H3,(H,15,19)(H,16,17). The van der Waals surface area contributed by atoms with Gasteiger partial charge in [-0.3, -0.25) is 4.79 Å². The lowest BCUT2D eigenvalue weighted by atomic mass is 10.2. The number of benzene rings is 1. The van der Waals surface area contributed by atoms with Crippen LogP contribution in [0.4, 0.5) is 5.69 Å². The van der Waals surface area contributed by atoms with Gasteiger partial charge in [0, 0.05) is 26.8 Å². The quantitative estimate of drug-likeness (QED) is 0.795. The monoisotopic (exact) mass is 372 g/mol. The van der Waals surface area contributed by atoms with Crippen LogP contribution in [-0.4, -0.2) is 18.0 Å². The molecule has 106 valence electrons. The Morgan fingerprint density at radius 3 is 2.85 bits per heavy atom. The molecule has 0 unspecified atom stereocenters. The lowest BCUT2D eigenvalue weighted by Crippen LogP contribution is -2.14. The summed E-state index contributed by atoms with van der Waals surface area (Å²) in [6, 6.07) is 5.43. The molecule has 2 rings (SSSR count). The van der Waals surface area contributed by atoms with Gasteiger partial charge in [0.15, 0.2) is 3.95 Å². The van der Waals surface area contributed by atoms with Gasteiger partial charge in [-0.1, -0.05) is 15.9 Å². The number of hydrogen-bond donors (Lipinski definition) is 2. The summed E-state index contributed by atoms with van der Waals surface area (Å²) in [5.74, 6) is 0.599. The van der Waals surface area contributed by atoms with Gasteiger partial charge in [0.25, 0.3) is 0 Å². The number of H-pyrrole nitrogens is 1. The average Bonchev–Trinajstić information content (AvgIpc) is 2.66. The van der Waals surface area contributed by atoms with Crippen molar-refractivity contribution >= 4 is 51.1 Å². The third-order valence-corrected chi connectivity index (χ3v) is 4.43. The fourth-order valence-electron chi connectivity index (χ4n) is 1.71. The first kappa shape index (κ1) is 15.2. The van der Waals surface area contributed by atoms with Crippen molar-refractivity contribution in [2.75, 3.05) is 12.4 Å². The maximum Gasteiger partial charge on any atom is 0.229 e. The number of methoxy groups -OCH3 is 1. The third-order valence-electron chi connectivity index (χ3n) is 2.64. The largest absolute Gasteiger partial charge is 0.497 e. The maximum atomic E-state index is 12.0. The Morgan fingerprint density at radius 2 is 2.25 bits per heavy atom. The highest BCUT2D eigenvalue weighted by molar-refractivity contribution is 9.10. The van der Waals surface area contributed by atoms with E-state index in [4.69, 9.17) is 17.0 Å². The molecule has 0 saturated carbocycles. The molecule has 1 aromatic heterocycles. The molecule has 0 radical (unpaired) electrons. The summed E-state index contributed by atoms with van der Waals surface area (Å²) >= 11 is 9.87. The lowest BCUT2D eigenvalue weighted by molar-refractivity contribution is -0.115. The number of anilines is 1. The molecule has 7 heteroatoms. The number of aromatic amines is 1. The number of aryl methyl sites for hydroxylation is 1. The fraction of sp³-hybridized carbons (Fsp3) is 0.231. The highest BCUT2D eigenvalue weighted by atomic mass is 79.9. The van der Waals surface area contributed by atoms with Crippen LogP contribution < -0.4 is 10.1 Å². The molecule has 0 aliphatic carbocycles. The molecule has 2 N–H and O–H groups in total. The summed E-state index contributed by atoms with van der Waals surface area (Å²) < 4.78 is 6.70. The van der Waals surface area contributed by atoms with E-state index < -0.39 is 0 Å². The van der Waals surface area contributed by atoms with E-state index in [1.807, 2.05) is 19.1 Å². The van der Waals surface area contributed by atoms with Gasteiger partial charge in [-0.05, 0) is 31.3 Å². The Balaban J connectivity index is 2.10. The zero-order valence-corrected chi connectivity index (χ0v) is 14.2. The van der Waals surface area contributed by atoms with Crippen LogP contribution in [0.5, 0.6) is 5.75 Å². The molecule has 20 heavy (non-hydrogen) atoms. The second-order valence-corrected chi connectivity index (χ2v) is 6.85. The Kier molecular flexibility index (Phi) is 4.95. The minimum absolute atomic E-state index is 0.0847. The predicted molar refractivity (Wildman–Crippen MR) is 87.3 cm³/mol. The van der Waals surface area contributed by atoms with E-state index in [0.29, 0.717) is 21.8 Å². The number of aromatic nitrogens is 1. The van der Waals surface area contributed by atoms with Crippen LogP contribution in [0.1, 0.15) is 10.6 Å². The summed E-state index contributed by atoms with van der Waals surface area (Å²) in [4.78, 5) is 16.0. The molecular weight excluding hydrogens is 360 g/mol. The molecule has 0 aliphatic heterocycles. The molecule has 4 nitrogen and oxygen atoms in total. The van der Waals surface area contributed by atoms with Gasteiger partial charge in [-0.25, -0.2) is 0 Å². The van der Waals surface area contributed by atoms with Crippen LogP contribution in [0.15, 0.2) is 22.7 Å². The van der Waals surface area contributed by atoms with Crippen LogP contribution >= 0.6 is 39.5 Å². The number of carbonyl (C=O) groups excluding carboxylic acids is 1. The summed E-state index contributed by atoms with van der Waals surface area (Å²) in [7, 11) is 1.59. The Hall–Kier alpha value is -1.18. The number of ether oxygens (including phenoxy) is 1.